The van der Waals surface area contributed by atoms with E-state index in [1.165, 1.54) is 64.7 Å². The van der Waals surface area contributed by atoms with Gasteiger partial charge in [-0.3, -0.25) is 9.80 Å². The van der Waals surface area contributed by atoms with Gasteiger partial charge in [0.05, 0.1) is 0 Å². The standard InChI is InChI=1S/C17H33N3/c1-13-10-14(2)17(16(18)11-13)20-9-6-15(12-20)19-7-4-3-5-8-19/h13-17H,3-12,18H2,1-2H3. The van der Waals surface area contributed by atoms with Gasteiger partial charge in [-0.05, 0) is 57.0 Å². The van der Waals surface area contributed by atoms with Gasteiger partial charge in [-0.1, -0.05) is 20.3 Å². The van der Waals surface area contributed by atoms with Gasteiger partial charge in [-0.2, -0.15) is 0 Å². The van der Waals surface area contributed by atoms with Gasteiger partial charge in [0.2, 0.25) is 0 Å². The van der Waals surface area contributed by atoms with E-state index in [1.807, 2.05) is 0 Å². The van der Waals surface area contributed by atoms with Crippen LogP contribution < -0.4 is 5.73 Å². The summed E-state index contributed by atoms with van der Waals surface area (Å²) < 4.78 is 0. The number of hydrogen-bond acceptors (Lipinski definition) is 3. The monoisotopic (exact) mass is 279 g/mol. The van der Waals surface area contributed by atoms with Crippen LogP contribution in [0.5, 0.6) is 0 Å². The van der Waals surface area contributed by atoms with Crippen molar-refractivity contribution in [3.8, 4) is 0 Å². The highest BCUT2D eigenvalue weighted by Gasteiger charge is 2.39. The van der Waals surface area contributed by atoms with Crippen molar-refractivity contribution in [3.05, 3.63) is 0 Å². The molecule has 5 unspecified atom stereocenters. The largest absolute Gasteiger partial charge is 0.326 e. The van der Waals surface area contributed by atoms with E-state index in [9.17, 15) is 0 Å². The van der Waals surface area contributed by atoms with Crippen molar-refractivity contribution in [1.82, 2.24) is 9.80 Å². The lowest BCUT2D eigenvalue weighted by atomic mass is 9.76. The number of nitrogens with zero attached hydrogens (tertiary/aromatic N) is 2. The van der Waals surface area contributed by atoms with Crippen LogP contribution in [0, 0.1) is 11.8 Å². The van der Waals surface area contributed by atoms with Crippen LogP contribution in [-0.4, -0.2) is 54.1 Å². The summed E-state index contributed by atoms with van der Waals surface area (Å²) in [7, 11) is 0. The minimum absolute atomic E-state index is 0.397. The lowest BCUT2D eigenvalue weighted by Crippen LogP contribution is -2.54. The molecule has 0 aromatic rings. The molecule has 0 bridgehead atoms. The van der Waals surface area contributed by atoms with Gasteiger partial charge in [0.25, 0.3) is 0 Å². The first-order valence-corrected chi connectivity index (χ1v) is 8.89. The smallest absolute Gasteiger partial charge is 0.0273 e. The van der Waals surface area contributed by atoms with Crippen molar-refractivity contribution in [1.29, 1.82) is 0 Å². The maximum Gasteiger partial charge on any atom is 0.0273 e. The van der Waals surface area contributed by atoms with E-state index >= 15 is 0 Å². The molecule has 3 rings (SSSR count). The van der Waals surface area contributed by atoms with Crippen LogP contribution in [0.2, 0.25) is 0 Å². The fourth-order valence-electron chi connectivity index (χ4n) is 5.15. The Bertz CT molecular complexity index is 301. The maximum atomic E-state index is 6.51. The third-order valence-electron chi connectivity index (χ3n) is 5.99. The quantitative estimate of drug-likeness (QED) is 0.842. The SMILES string of the molecule is CC1CC(C)C(N2CCC(N3CCCCC3)C2)C(N)C1. The summed E-state index contributed by atoms with van der Waals surface area (Å²) in [5.41, 5.74) is 6.51. The molecule has 0 spiro atoms. The van der Waals surface area contributed by atoms with Crippen molar-refractivity contribution < 1.29 is 0 Å². The normalized spacial score (nSPS) is 44.9. The topological polar surface area (TPSA) is 32.5 Å². The molecular weight excluding hydrogens is 246 g/mol. The highest BCUT2D eigenvalue weighted by Crippen LogP contribution is 2.34. The fraction of sp³-hybridized carbons (Fsp3) is 1.00. The minimum atomic E-state index is 0.397. The first-order valence-electron chi connectivity index (χ1n) is 8.89. The zero-order valence-corrected chi connectivity index (χ0v) is 13.4. The molecule has 116 valence electrons. The van der Waals surface area contributed by atoms with Gasteiger partial charge in [0.1, 0.15) is 0 Å². The second kappa shape index (κ2) is 6.33. The molecule has 0 amide bonds. The zero-order valence-electron chi connectivity index (χ0n) is 13.4. The second-order valence-corrected chi connectivity index (χ2v) is 7.74. The predicted octanol–water partition coefficient (Wildman–Crippen LogP) is 2.31. The molecule has 2 N–H and O–H groups in total. The van der Waals surface area contributed by atoms with E-state index in [2.05, 4.69) is 23.6 Å². The molecule has 5 atom stereocenters. The molecule has 2 aliphatic heterocycles. The number of likely N-dealkylation sites (tertiary alicyclic amines) is 2. The Hall–Kier alpha value is -0.120. The minimum Gasteiger partial charge on any atom is -0.326 e. The first-order chi connectivity index (χ1) is 9.65. The molecule has 0 radical (unpaired) electrons. The molecule has 1 saturated carbocycles. The number of hydrogen-bond donors (Lipinski definition) is 1. The molecule has 0 aromatic carbocycles. The Kier molecular flexibility index (Phi) is 4.68. The average Bonchev–Trinajstić information content (AvgIpc) is 2.88. The molecule has 20 heavy (non-hydrogen) atoms. The Labute approximate surface area is 124 Å². The summed E-state index contributed by atoms with van der Waals surface area (Å²) in [5.74, 6) is 1.59. The summed E-state index contributed by atoms with van der Waals surface area (Å²) in [5, 5.41) is 0. The van der Waals surface area contributed by atoms with Crippen LogP contribution >= 0.6 is 0 Å². The first kappa shape index (κ1) is 14.8. The summed E-state index contributed by atoms with van der Waals surface area (Å²) in [6.07, 6.45) is 8.21. The molecule has 3 heteroatoms. The van der Waals surface area contributed by atoms with Crippen molar-refractivity contribution in [2.75, 3.05) is 26.2 Å². The van der Waals surface area contributed by atoms with E-state index in [4.69, 9.17) is 5.73 Å². The molecule has 2 saturated heterocycles. The Morgan fingerprint density at radius 1 is 0.900 bits per heavy atom. The van der Waals surface area contributed by atoms with E-state index < -0.39 is 0 Å². The van der Waals surface area contributed by atoms with Crippen molar-refractivity contribution in [3.63, 3.8) is 0 Å². The summed E-state index contributed by atoms with van der Waals surface area (Å²) in [6, 6.07) is 1.85. The Morgan fingerprint density at radius 2 is 1.65 bits per heavy atom. The van der Waals surface area contributed by atoms with Crippen molar-refractivity contribution in [2.24, 2.45) is 17.6 Å². The van der Waals surface area contributed by atoms with E-state index in [1.54, 1.807) is 0 Å². The van der Waals surface area contributed by atoms with Gasteiger partial charge in [0.15, 0.2) is 0 Å². The number of piperidine rings is 1. The highest BCUT2D eigenvalue weighted by molar-refractivity contribution is 4.96. The summed E-state index contributed by atoms with van der Waals surface area (Å²) >= 11 is 0. The van der Waals surface area contributed by atoms with Crippen LogP contribution in [0.3, 0.4) is 0 Å². The van der Waals surface area contributed by atoms with Gasteiger partial charge in [-0.25, -0.2) is 0 Å². The van der Waals surface area contributed by atoms with Crippen LogP contribution in [0.1, 0.15) is 52.4 Å². The zero-order chi connectivity index (χ0) is 14.1. The number of nitrogens with two attached hydrogens (primary N) is 1. The van der Waals surface area contributed by atoms with E-state index in [-0.39, 0.29) is 0 Å². The third kappa shape index (κ3) is 3.05. The molecule has 0 aromatic heterocycles. The van der Waals surface area contributed by atoms with Gasteiger partial charge in [0, 0.05) is 31.2 Å². The Balaban J connectivity index is 1.58. The Morgan fingerprint density at radius 3 is 2.35 bits per heavy atom. The van der Waals surface area contributed by atoms with Crippen LogP contribution in [0.25, 0.3) is 0 Å². The number of rotatable bonds is 2. The average molecular weight is 279 g/mol. The highest BCUT2D eigenvalue weighted by atomic mass is 15.3. The van der Waals surface area contributed by atoms with Crippen molar-refractivity contribution >= 4 is 0 Å². The molecule has 3 fully saturated rings. The lowest BCUT2D eigenvalue weighted by molar-refractivity contribution is 0.0828. The molecular formula is C17H33N3. The molecule has 3 aliphatic rings. The van der Waals surface area contributed by atoms with Crippen LogP contribution in [0.4, 0.5) is 0 Å². The van der Waals surface area contributed by atoms with E-state index in [0.29, 0.717) is 12.1 Å². The van der Waals surface area contributed by atoms with Crippen LogP contribution in [-0.2, 0) is 0 Å². The lowest BCUT2D eigenvalue weighted by Gasteiger charge is -2.43. The van der Waals surface area contributed by atoms with Crippen LogP contribution in [0.15, 0.2) is 0 Å². The fourth-order valence-corrected chi connectivity index (χ4v) is 5.15. The maximum absolute atomic E-state index is 6.51. The summed E-state index contributed by atoms with van der Waals surface area (Å²) in [6.45, 7) is 10.0. The van der Waals surface area contributed by atoms with Crippen molar-refractivity contribution in [2.45, 2.75) is 70.5 Å². The summed E-state index contributed by atoms with van der Waals surface area (Å²) in [4.78, 5) is 5.49. The van der Waals surface area contributed by atoms with E-state index in [0.717, 1.165) is 17.9 Å². The second-order valence-electron chi connectivity index (χ2n) is 7.74. The van der Waals surface area contributed by atoms with Gasteiger partial charge < -0.3 is 5.73 Å². The molecule has 2 heterocycles. The molecule has 1 aliphatic carbocycles. The van der Waals surface area contributed by atoms with Gasteiger partial charge in [-0.15, -0.1) is 0 Å². The predicted molar refractivity (Wildman–Crippen MR) is 84.7 cm³/mol. The third-order valence-corrected chi connectivity index (χ3v) is 5.99. The van der Waals surface area contributed by atoms with Gasteiger partial charge >= 0.3 is 0 Å². The molecule has 3 nitrogen and oxygen atoms in total.